The number of halogens is 1. The van der Waals surface area contributed by atoms with Crippen molar-refractivity contribution < 1.29 is 14.3 Å². The molecule has 0 radical (unpaired) electrons. The Kier molecular flexibility index (Phi) is 6.61. The van der Waals surface area contributed by atoms with Crippen LogP contribution in [0.1, 0.15) is 25.8 Å². The maximum Gasteiger partial charge on any atom is 0.237 e. The zero-order chi connectivity index (χ0) is 15.1. The van der Waals surface area contributed by atoms with E-state index in [-0.39, 0.29) is 30.4 Å². The van der Waals surface area contributed by atoms with Crippen molar-refractivity contribution >= 4 is 5.91 Å². The Hall–Kier alpha value is -1.46. The number of carbonyl (C=O) groups excluding carboxylic acids is 1. The van der Waals surface area contributed by atoms with Gasteiger partial charge in [-0.05, 0) is 33.4 Å². The fourth-order valence-electron chi connectivity index (χ4n) is 1.76. The number of rotatable bonds is 7. The topological polar surface area (TPSA) is 52.6 Å². The van der Waals surface area contributed by atoms with E-state index in [0.717, 1.165) is 0 Å². The number of benzene rings is 1. The molecule has 20 heavy (non-hydrogen) atoms. The maximum atomic E-state index is 13.4. The second-order valence-corrected chi connectivity index (χ2v) is 5.10. The predicted molar refractivity (Wildman–Crippen MR) is 76.6 cm³/mol. The number of aliphatic hydroxyl groups excluding tert-OH is 1. The van der Waals surface area contributed by atoms with Gasteiger partial charge in [0.15, 0.2) is 0 Å². The molecule has 0 aliphatic carbocycles. The summed E-state index contributed by atoms with van der Waals surface area (Å²) in [5, 5.41) is 12.0. The van der Waals surface area contributed by atoms with E-state index in [9.17, 15) is 14.3 Å². The Bertz CT molecular complexity index is 438. The van der Waals surface area contributed by atoms with Gasteiger partial charge in [-0.2, -0.15) is 0 Å². The highest BCUT2D eigenvalue weighted by molar-refractivity contribution is 5.81. The molecule has 0 spiro atoms. The number of amides is 1. The number of aliphatic hydroxyl groups is 1. The summed E-state index contributed by atoms with van der Waals surface area (Å²) in [4.78, 5) is 13.8. The van der Waals surface area contributed by atoms with E-state index in [1.54, 1.807) is 32.0 Å². The first-order valence-electron chi connectivity index (χ1n) is 6.81. The Morgan fingerprint density at radius 1 is 1.40 bits per heavy atom. The molecule has 5 heteroatoms. The van der Waals surface area contributed by atoms with E-state index in [1.165, 1.54) is 6.07 Å². The molecule has 1 aromatic carbocycles. The molecule has 1 amide bonds. The van der Waals surface area contributed by atoms with Crippen molar-refractivity contribution in [3.63, 3.8) is 0 Å². The van der Waals surface area contributed by atoms with Crippen molar-refractivity contribution in [2.45, 2.75) is 39.0 Å². The molecular weight excluding hydrogens is 259 g/mol. The Labute approximate surface area is 119 Å². The fourth-order valence-corrected chi connectivity index (χ4v) is 1.76. The highest BCUT2D eigenvalue weighted by atomic mass is 19.1. The predicted octanol–water partition coefficient (Wildman–Crippen LogP) is 1.53. The minimum Gasteiger partial charge on any atom is -0.393 e. The largest absolute Gasteiger partial charge is 0.393 e. The van der Waals surface area contributed by atoms with Crippen LogP contribution in [-0.4, -0.2) is 41.7 Å². The molecule has 2 N–H and O–H groups in total. The summed E-state index contributed by atoms with van der Waals surface area (Å²) in [6.45, 7) is 4.32. The number of carbonyl (C=O) groups is 1. The van der Waals surface area contributed by atoms with Crippen LogP contribution < -0.4 is 5.32 Å². The van der Waals surface area contributed by atoms with Gasteiger partial charge in [-0.1, -0.05) is 18.2 Å². The van der Waals surface area contributed by atoms with Crippen LogP contribution in [-0.2, 0) is 11.3 Å². The third kappa shape index (κ3) is 5.27. The van der Waals surface area contributed by atoms with E-state index < -0.39 is 0 Å². The highest BCUT2D eigenvalue weighted by Gasteiger charge is 2.18. The van der Waals surface area contributed by atoms with E-state index >= 15 is 0 Å². The number of nitrogens with zero attached hydrogens (tertiary/aromatic N) is 1. The van der Waals surface area contributed by atoms with E-state index in [1.807, 2.05) is 11.9 Å². The summed E-state index contributed by atoms with van der Waals surface area (Å²) in [6.07, 6.45) is 0.229. The first-order valence-corrected chi connectivity index (χ1v) is 6.81. The standard InChI is InChI=1S/C15H23FN2O2/c1-11(19)8-9-18(3)12(2)15(20)17-10-13-6-4-5-7-14(13)16/h4-7,11-12,19H,8-10H2,1-3H3,(H,17,20). The SMILES string of the molecule is CC(O)CCN(C)C(C)C(=O)NCc1ccccc1F. The third-order valence-electron chi connectivity index (χ3n) is 3.35. The lowest BCUT2D eigenvalue weighted by Crippen LogP contribution is -2.43. The van der Waals surface area contributed by atoms with Crippen LogP contribution in [0.5, 0.6) is 0 Å². The van der Waals surface area contributed by atoms with Crippen LogP contribution in [0.2, 0.25) is 0 Å². The van der Waals surface area contributed by atoms with Crippen LogP contribution in [0.4, 0.5) is 4.39 Å². The minimum absolute atomic E-state index is 0.152. The molecule has 0 fully saturated rings. The minimum atomic E-state index is -0.383. The summed E-state index contributed by atoms with van der Waals surface area (Å²) < 4.78 is 13.4. The average Bonchev–Trinajstić information content (AvgIpc) is 2.42. The van der Waals surface area contributed by atoms with Gasteiger partial charge in [0, 0.05) is 18.7 Å². The van der Waals surface area contributed by atoms with Gasteiger partial charge in [0.05, 0.1) is 12.1 Å². The van der Waals surface area contributed by atoms with Crippen LogP contribution in [0.25, 0.3) is 0 Å². The molecule has 4 nitrogen and oxygen atoms in total. The summed E-state index contributed by atoms with van der Waals surface area (Å²) in [5.41, 5.74) is 0.472. The Morgan fingerprint density at radius 2 is 2.05 bits per heavy atom. The quantitative estimate of drug-likeness (QED) is 0.797. The molecule has 2 atom stereocenters. The van der Waals surface area contributed by atoms with Gasteiger partial charge >= 0.3 is 0 Å². The zero-order valence-electron chi connectivity index (χ0n) is 12.3. The first kappa shape index (κ1) is 16.6. The molecule has 1 rings (SSSR count). The first-order chi connectivity index (χ1) is 9.41. The number of nitrogens with one attached hydrogen (secondary N) is 1. The molecule has 112 valence electrons. The van der Waals surface area contributed by atoms with Crippen molar-refractivity contribution in [3.05, 3.63) is 35.6 Å². The van der Waals surface area contributed by atoms with Gasteiger partial charge in [0.2, 0.25) is 5.91 Å². The van der Waals surface area contributed by atoms with Gasteiger partial charge in [-0.25, -0.2) is 4.39 Å². The molecule has 0 heterocycles. The van der Waals surface area contributed by atoms with Gasteiger partial charge < -0.3 is 10.4 Å². The number of hydrogen-bond acceptors (Lipinski definition) is 3. The molecular formula is C15H23FN2O2. The van der Waals surface area contributed by atoms with Crippen molar-refractivity contribution in [2.75, 3.05) is 13.6 Å². The van der Waals surface area contributed by atoms with E-state index in [4.69, 9.17) is 0 Å². The average molecular weight is 282 g/mol. The van der Waals surface area contributed by atoms with Gasteiger partial charge in [0.25, 0.3) is 0 Å². The van der Waals surface area contributed by atoms with Crippen LogP contribution in [0, 0.1) is 5.82 Å². The fraction of sp³-hybridized carbons (Fsp3) is 0.533. The molecule has 0 saturated heterocycles. The monoisotopic (exact) mass is 282 g/mol. The van der Waals surface area contributed by atoms with Gasteiger partial charge in [0.1, 0.15) is 5.82 Å². The van der Waals surface area contributed by atoms with Crippen molar-refractivity contribution in [2.24, 2.45) is 0 Å². The second kappa shape index (κ2) is 7.97. The molecule has 0 bridgehead atoms. The van der Waals surface area contributed by atoms with E-state index in [2.05, 4.69) is 5.32 Å². The Morgan fingerprint density at radius 3 is 2.65 bits per heavy atom. The molecule has 2 unspecified atom stereocenters. The normalized spacial score (nSPS) is 14.1. The van der Waals surface area contributed by atoms with Crippen LogP contribution in [0.3, 0.4) is 0 Å². The molecule has 1 aromatic rings. The maximum absolute atomic E-state index is 13.4. The zero-order valence-corrected chi connectivity index (χ0v) is 12.3. The van der Waals surface area contributed by atoms with Crippen molar-refractivity contribution in [1.82, 2.24) is 10.2 Å². The lowest BCUT2D eigenvalue weighted by Gasteiger charge is -2.24. The molecule has 0 aliphatic rings. The summed E-state index contributed by atoms with van der Waals surface area (Å²) in [7, 11) is 1.83. The summed E-state index contributed by atoms with van der Waals surface area (Å²) in [5.74, 6) is -0.468. The molecule has 0 aliphatic heterocycles. The van der Waals surface area contributed by atoms with Crippen LogP contribution >= 0.6 is 0 Å². The lowest BCUT2D eigenvalue weighted by atomic mass is 10.2. The summed E-state index contributed by atoms with van der Waals surface area (Å²) in [6, 6.07) is 6.06. The number of likely N-dealkylation sites (N-methyl/N-ethyl adjacent to an activating group) is 1. The van der Waals surface area contributed by atoms with Gasteiger partial charge in [-0.15, -0.1) is 0 Å². The lowest BCUT2D eigenvalue weighted by molar-refractivity contribution is -0.125. The molecule has 0 aromatic heterocycles. The van der Waals surface area contributed by atoms with Gasteiger partial charge in [-0.3, -0.25) is 9.69 Å². The molecule has 0 saturated carbocycles. The van der Waals surface area contributed by atoms with Crippen molar-refractivity contribution in [3.8, 4) is 0 Å². The Balaban J connectivity index is 2.44. The van der Waals surface area contributed by atoms with E-state index in [0.29, 0.717) is 18.5 Å². The summed E-state index contributed by atoms with van der Waals surface area (Å²) >= 11 is 0. The highest BCUT2D eigenvalue weighted by Crippen LogP contribution is 2.06. The smallest absolute Gasteiger partial charge is 0.237 e. The number of hydrogen-bond donors (Lipinski definition) is 2. The second-order valence-electron chi connectivity index (χ2n) is 5.10. The third-order valence-corrected chi connectivity index (χ3v) is 3.35. The van der Waals surface area contributed by atoms with Crippen LogP contribution in [0.15, 0.2) is 24.3 Å². The van der Waals surface area contributed by atoms with Crippen molar-refractivity contribution in [1.29, 1.82) is 0 Å².